The van der Waals surface area contributed by atoms with E-state index in [4.69, 9.17) is 0 Å². The van der Waals surface area contributed by atoms with Crippen LogP contribution in [-0.4, -0.2) is 23.7 Å². The lowest BCUT2D eigenvalue weighted by Crippen LogP contribution is -2.31. The Kier molecular flexibility index (Phi) is 5.67. The molecule has 3 nitrogen and oxygen atoms in total. The zero-order valence-corrected chi connectivity index (χ0v) is 18.1. The summed E-state index contributed by atoms with van der Waals surface area (Å²) >= 11 is 0. The van der Waals surface area contributed by atoms with Crippen LogP contribution >= 0.6 is 0 Å². The Morgan fingerprint density at radius 3 is 1.61 bits per heavy atom. The first kappa shape index (κ1) is 20.6. The van der Waals surface area contributed by atoms with Gasteiger partial charge in [-0.2, -0.15) is 0 Å². The van der Waals surface area contributed by atoms with Crippen LogP contribution in [0.3, 0.4) is 0 Å². The number of hydrogen-bond acceptors (Lipinski definition) is 2. The van der Waals surface area contributed by atoms with Gasteiger partial charge in [-0.15, -0.1) is 0 Å². The number of carboxylic acid groups (broad SMARTS) is 1. The molecule has 0 bridgehead atoms. The van der Waals surface area contributed by atoms with E-state index >= 15 is 0 Å². The number of hydrogen-bond donors (Lipinski definition) is 2. The summed E-state index contributed by atoms with van der Waals surface area (Å²) in [6, 6.07) is 8.52. The predicted molar refractivity (Wildman–Crippen MR) is 115 cm³/mol. The molecule has 1 aliphatic heterocycles. The lowest BCUT2D eigenvalue weighted by molar-refractivity contribution is -0.139. The smallest absolute Gasteiger partial charge is 0.320 e. The molecule has 28 heavy (non-hydrogen) atoms. The molecule has 2 N–H and O–H groups in total. The fraction of sp³-hybridized carbons (Fsp3) is 0.480. The van der Waals surface area contributed by atoms with Crippen molar-refractivity contribution >= 4 is 5.97 Å². The molecular formula is C25H33NO2. The summed E-state index contributed by atoms with van der Waals surface area (Å²) < 4.78 is 0. The molecule has 150 valence electrons. The summed E-state index contributed by atoms with van der Waals surface area (Å²) in [7, 11) is 0. The molecule has 1 fully saturated rings. The van der Waals surface area contributed by atoms with E-state index in [0.717, 1.165) is 19.4 Å². The van der Waals surface area contributed by atoms with Crippen molar-refractivity contribution in [2.24, 2.45) is 5.41 Å². The molecule has 1 heterocycles. The summed E-state index contributed by atoms with van der Waals surface area (Å²) in [5.74, 6) is -0.739. The third-order valence-corrected chi connectivity index (χ3v) is 6.44. The highest BCUT2D eigenvalue weighted by Crippen LogP contribution is 2.39. The number of nitrogens with one attached hydrogen (secondary N) is 1. The average Bonchev–Trinajstić information content (AvgIpc) is 2.99. The van der Waals surface area contributed by atoms with E-state index in [-0.39, 0.29) is 5.41 Å². The van der Waals surface area contributed by atoms with Crippen LogP contribution in [0.15, 0.2) is 24.3 Å². The van der Waals surface area contributed by atoms with Crippen molar-refractivity contribution in [2.75, 3.05) is 6.54 Å². The lowest BCUT2D eigenvalue weighted by Gasteiger charge is -2.32. The Bertz CT molecular complexity index is 807. The molecule has 3 heteroatoms. The molecule has 0 aliphatic carbocycles. The van der Waals surface area contributed by atoms with E-state index in [0.29, 0.717) is 6.42 Å². The van der Waals surface area contributed by atoms with Crippen LogP contribution in [0.25, 0.3) is 0 Å². The standard InChI is InChI=1S/C25H33NO2/c1-15-7-17(3)21(18(4)8-15)11-25(13-23(24(27)28)26-14-25)12-22-19(5)9-16(2)10-20(22)6/h7-10,23,26H,11-14H2,1-6H3,(H,27,28)/t23-/m0/s1. The zero-order chi connectivity index (χ0) is 20.6. The van der Waals surface area contributed by atoms with E-state index in [2.05, 4.69) is 71.1 Å². The van der Waals surface area contributed by atoms with Crippen molar-refractivity contribution in [3.05, 3.63) is 68.8 Å². The Morgan fingerprint density at radius 1 is 0.893 bits per heavy atom. The van der Waals surface area contributed by atoms with Crippen molar-refractivity contribution < 1.29 is 9.90 Å². The van der Waals surface area contributed by atoms with Crippen LogP contribution in [-0.2, 0) is 17.6 Å². The van der Waals surface area contributed by atoms with Gasteiger partial charge < -0.3 is 10.4 Å². The molecule has 2 aromatic rings. The second-order valence-electron chi connectivity index (χ2n) is 9.08. The number of benzene rings is 2. The average molecular weight is 380 g/mol. The number of carbonyl (C=O) groups is 1. The van der Waals surface area contributed by atoms with Crippen LogP contribution in [0.1, 0.15) is 50.9 Å². The number of rotatable bonds is 5. The molecule has 0 spiro atoms. The molecule has 0 unspecified atom stereocenters. The van der Waals surface area contributed by atoms with E-state index < -0.39 is 12.0 Å². The Morgan fingerprint density at radius 2 is 1.29 bits per heavy atom. The fourth-order valence-corrected chi connectivity index (χ4v) is 5.15. The minimum absolute atomic E-state index is 0.0847. The molecule has 2 aromatic carbocycles. The van der Waals surface area contributed by atoms with Crippen LogP contribution in [0.4, 0.5) is 0 Å². The van der Waals surface area contributed by atoms with Crippen LogP contribution in [0.5, 0.6) is 0 Å². The lowest BCUT2D eigenvalue weighted by atomic mass is 9.72. The van der Waals surface area contributed by atoms with E-state index in [9.17, 15) is 9.90 Å². The summed E-state index contributed by atoms with van der Waals surface area (Å²) in [4.78, 5) is 11.7. The third-order valence-electron chi connectivity index (χ3n) is 6.44. The number of carboxylic acids is 1. The summed E-state index contributed by atoms with van der Waals surface area (Å²) in [6.45, 7) is 13.7. The normalized spacial score (nSPS) is 18.4. The molecule has 0 saturated carbocycles. The first-order valence-corrected chi connectivity index (χ1v) is 10.2. The van der Waals surface area contributed by atoms with Crippen molar-refractivity contribution in [3.8, 4) is 0 Å². The maximum absolute atomic E-state index is 11.7. The van der Waals surface area contributed by atoms with Gasteiger partial charge in [-0.05, 0) is 99.6 Å². The van der Waals surface area contributed by atoms with Gasteiger partial charge in [0.05, 0.1) is 0 Å². The SMILES string of the molecule is Cc1cc(C)c(CC2(Cc3c(C)cc(C)cc3C)CN[C@H](C(=O)O)C2)c(C)c1. The highest BCUT2D eigenvalue weighted by atomic mass is 16.4. The van der Waals surface area contributed by atoms with Gasteiger partial charge in [0.15, 0.2) is 0 Å². The first-order chi connectivity index (χ1) is 13.1. The third kappa shape index (κ3) is 4.15. The fourth-order valence-electron chi connectivity index (χ4n) is 5.15. The Hall–Kier alpha value is -2.13. The highest BCUT2D eigenvalue weighted by molar-refractivity contribution is 5.74. The van der Waals surface area contributed by atoms with E-state index in [1.807, 2.05) is 0 Å². The minimum atomic E-state index is -0.739. The topological polar surface area (TPSA) is 49.3 Å². The first-order valence-electron chi connectivity index (χ1n) is 10.2. The van der Waals surface area contributed by atoms with Crippen LogP contribution in [0.2, 0.25) is 0 Å². The second kappa shape index (κ2) is 7.71. The van der Waals surface area contributed by atoms with E-state index in [1.165, 1.54) is 44.5 Å². The second-order valence-corrected chi connectivity index (χ2v) is 9.08. The Balaban J connectivity index is 2.02. The maximum atomic E-state index is 11.7. The molecule has 0 radical (unpaired) electrons. The van der Waals surface area contributed by atoms with Gasteiger partial charge in [-0.25, -0.2) is 0 Å². The van der Waals surface area contributed by atoms with Gasteiger partial charge in [0.2, 0.25) is 0 Å². The molecular weight excluding hydrogens is 346 g/mol. The van der Waals surface area contributed by atoms with Gasteiger partial charge >= 0.3 is 5.97 Å². The largest absolute Gasteiger partial charge is 0.480 e. The van der Waals surface area contributed by atoms with Crippen molar-refractivity contribution in [3.63, 3.8) is 0 Å². The van der Waals surface area contributed by atoms with Crippen molar-refractivity contribution in [2.45, 2.75) is 66.8 Å². The van der Waals surface area contributed by atoms with Gasteiger partial charge in [0.1, 0.15) is 6.04 Å². The minimum Gasteiger partial charge on any atom is -0.480 e. The zero-order valence-electron chi connectivity index (χ0n) is 18.1. The monoisotopic (exact) mass is 379 g/mol. The van der Waals surface area contributed by atoms with Crippen molar-refractivity contribution in [1.82, 2.24) is 5.32 Å². The van der Waals surface area contributed by atoms with Gasteiger partial charge in [0, 0.05) is 6.54 Å². The summed E-state index contributed by atoms with van der Waals surface area (Å²) in [6.07, 6.45) is 2.49. The van der Waals surface area contributed by atoms with Gasteiger partial charge in [0.25, 0.3) is 0 Å². The van der Waals surface area contributed by atoms with Gasteiger partial charge in [-0.3, -0.25) is 4.79 Å². The molecule has 1 saturated heterocycles. The number of aliphatic carboxylic acids is 1. The van der Waals surface area contributed by atoms with Gasteiger partial charge in [-0.1, -0.05) is 35.4 Å². The molecule has 1 aliphatic rings. The quantitative estimate of drug-likeness (QED) is 0.788. The summed E-state index contributed by atoms with van der Waals surface area (Å²) in [5.41, 5.74) is 10.5. The Labute approximate surface area is 169 Å². The number of aryl methyl sites for hydroxylation is 6. The molecule has 1 atom stereocenters. The molecule has 0 amide bonds. The summed E-state index contributed by atoms with van der Waals surface area (Å²) in [5, 5.41) is 12.9. The maximum Gasteiger partial charge on any atom is 0.320 e. The molecule has 0 aromatic heterocycles. The van der Waals surface area contributed by atoms with Crippen LogP contribution in [0, 0.1) is 47.0 Å². The highest BCUT2D eigenvalue weighted by Gasteiger charge is 2.42. The predicted octanol–water partition coefficient (Wildman–Crippen LogP) is 4.76. The molecule has 3 rings (SSSR count). The van der Waals surface area contributed by atoms with Crippen LogP contribution < -0.4 is 5.32 Å². The van der Waals surface area contributed by atoms with E-state index in [1.54, 1.807) is 0 Å². The van der Waals surface area contributed by atoms with Crippen molar-refractivity contribution in [1.29, 1.82) is 0 Å².